The van der Waals surface area contributed by atoms with E-state index in [9.17, 15) is 10.0 Å². The number of hydroxylamine groups is 2. The maximum atomic E-state index is 10.8. The molecule has 2 amide bonds. The van der Waals surface area contributed by atoms with Crippen molar-refractivity contribution in [2.24, 2.45) is 5.73 Å². The molecule has 3 N–H and O–H groups in total. The second-order valence-corrected chi connectivity index (χ2v) is 4.93. The van der Waals surface area contributed by atoms with E-state index in [4.69, 9.17) is 5.73 Å². The van der Waals surface area contributed by atoms with Crippen LogP contribution in [0.1, 0.15) is 17.9 Å². The summed E-state index contributed by atoms with van der Waals surface area (Å²) in [6.07, 6.45) is 0.950. The summed E-state index contributed by atoms with van der Waals surface area (Å²) in [5, 5.41) is 9.95. The van der Waals surface area contributed by atoms with Crippen molar-refractivity contribution in [1.82, 2.24) is 5.06 Å². The molecule has 0 spiro atoms. The summed E-state index contributed by atoms with van der Waals surface area (Å²) in [7, 11) is 0. The largest absolute Gasteiger partial charge is 0.350 e. The summed E-state index contributed by atoms with van der Waals surface area (Å²) in [6.45, 7) is 0.271. The second kappa shape index (κ2) is 4.76. The van der Waals surface area contributed by atoms with Crippen LogP contribution in [0.5, 0.6) is 0 Å². The van der Waals surface area contributed by atoms with Gasteiger partial charge in [-0.2, -0.15) is 0 Å². The smallest absolute Gasteiger partial charge is 0.338 e. The number of amides is 2. The number of urea groups is 1. The summed E-state index contributed by atoms with van der Waals surface area (Å²) in [5.74, 6) is 1.18. The van der Waals surface area contributed by atoms with Gasteiger partial charge in [0.1, 0.15) is 0 Å². The lowest BCUT2D eigenvalue weighted by Crippen LogP contribution is -2.36. The monoisotopic (exact) mass is 238 g/mol. The van der Waals surface area contributed by atoms with Gasteiger partial charge in [-0.05, 0) is 23.8 Å². The first-order chi connectivity index (χ1) is 7.68. The third-order valence-electron chi connectivity index (χ3n) is 2.73. The molecule has 4 nitrogen and oxygen atoms in total. The van der Waals surface area contributed by atoms with Crippen LogP contribution in [0.3, 0.4) is 0 Å². The summed E-state index contributed by atoms with van der Waals surface area (Å²) in [5.41, 5.74) is 6.20. The number of carbonyl (C=O) groups excluding carboxylic acids is 1. The molecule has 1 aromatic rings. The minimum atomic E-state index is -0.796. The lowest BCUT2D eigenvalue weighted by molar-refractivity contribution is -0.0442. The fraction of sp³-hybridized carbons (Fsp3) is 0.364. The van der Waals surface area contributed by atoms with Gasteiger partial charge in [0.2, 0.25) is 0 Å². The van der Waals surface area contributed by atoms with Crippen LogP contribution in [-0.4, -0.2) is 28.6 Å². The fourth-order valence-electron chi connectivity index (χ4n) is 1.90. The molecule has 1 atom stereocenters. The summed E-state index contributed by atoms with van der Waals surface area (Å²) >= 11 is 1.81. The highest BCUT2D eigenvalue weighted by Crippen LogP contribution is 2.37. The van der Waals surface area contributed by atoms with Crippen molar-refractivity contribution in [2.45, 2.75) is 17.2 Å². The maximum absolute atomic E-state index is 10.8. The zero-order valence-electron chi connectivity index (χ0n) is 8.80. The predicted octanol–water partition coefficient (Wildman–Crippen LogP) is 2.04. The number of hydrogen-bond donors (Lipinski definition) is 2. The van der Waals surface area contributed by atoms with Gasteiger partial charge in [0.15, 0.2) is 0 Å². The standard InChI is InChI=1S/C11H14N2O2S/c12-11(14)13(15)7-8-5-6-16-10-4-2-1-3-9(8)10/h1-4,8,15H,5-7H2,(H2,12,14). The Morgan fingerprint density at radius 2 is 2.31 bits per heavy atom. The molecule has 16 heavy (non-hydrogen) atoms. The van der Waals surface area contributed by atoms with Gasteiger partial charge in [-0.15, -0.1) is 11.8 Å². The Balaban J connectivity index is 2.16. The van der Waals surface area contributed by atoms with Crippen molar-refractivity contribution in [1.29, 1.82) is 0 Å². The van der Waals surface area contributed by atoms with E-state index >= 15 is 0 Å². The highest BCUT2D eigenvalue weighted by Gasteiger charge is 2.23. The summed E-state index contributed by atoms with van der Waals surface area (Å²) in [6, 6.07) is 7.29. The molecule has 0 saturated carbocycles. The molecule has 1 heterocycles. The van der Waals surface area contributed by atoms with Crippen molar-refractivity contribution in [3.63, 3.8) is 0 Å². The highest BCUT2D eigenvalue weighted by molar-refractivity contribution is 7.99. The number of fused-ring (bicyclic) bond motifs is 1. The molecule has 0 bridgehead atoms. The van der Waals surface area contributed by atoms with E-state index < -0.39 is 6.03 Å². The number of hydrogen-bond acceptors (Lipinski definition) is 3. The van der Waals surface area contributed by atoms with Crippen LogP contribution < -0.4 is 5.73 Å². The molecule has 0 radical (unpaired) electrons. The van der Waals surface area contributed by atoms with Gasteiger partial charge in [0.25, 0.3) is 0 Å². The molecule has 0 fully saturated rings. The summed E-state index contributed by atoms with van der Waals surface area (Å²) in [4.78, 5) is 12.0. The normalized spacial score (nSPS) is 18.9. The summed E-state index contributed by atoms with van der Waals surface area (Å²) < 4.78 is 0. The average molecular weight is 238 g/mol. The number of primary amides is 1. The van der Waals surface area contributed by atoms with Crippen LogP contribution in [-0.2, 0) is 0 Å². The second-order valence-electron chi connectivity index (χ2n) is 3.79. The van der Waals surface area contributed by atoms with Crippen LogP contribution in [0.25, 0.3) is 0 Å². The molecule has 1 aromatic carbocycles. The number of nitrogens with zero attached hydrogens (tertiary/aromatic N) is 1. The fourth-order valence-corrected chi connectivity index (χ4v) is 3.10. The molecule has 1 aliphatic rings. The van der Waals surface area contributed by atoms with Crippen molar-refractivity contribution in [2.75, 3.05) is 12.3 Å². The molecule has 1 aliphatic heterocycles. The van der Waals surface area contributed by atoms with E-state index in [0.29, 0.717) is 5.06 Å². The van der Waals surface area contributed by atoms with Crippen LogP contribution >= 0.6 is 11.8 Å². The molecule has 0 saturated heterocycles. The number of nitrogens with two attached hydrogens (primary N) is 1. The van der Waals surface area contributed by atoms with Gasteiger partial charge in [-0.3, -0.25) is 5.21 Å². The SMILES string of the molecule is NC(=O)N(O)CC1CCSc2ccccc21. The van der Waals surface area contributed by atoms with E-state index in [0.717, 1.165) is 12.2 Å². The van der Waals surface area contributed by atoms with E-state index in [2.05, 4.69) is 6.07 Å². The van der Waals surface area contributed by atoms with Gasteiger partial charge in [0.05, 0.1) is 6.54 Å². The molecule has 0 aliphatic carbocycles. The van der Waals surface area contributed by atoms with Gasteiger partial charge in [-0.25, -0.2) is 9.86 Å². The Morgan fingerprint density at radius 1 is 1.56 bits per heavy atom. The van der Waals surface area contributed by atoms with Crippen LogP contribution in [0.4, 0.5) is 4.79 Å². The van der Waals surface area contributed by atoms with Crippen LogP contribution in [0, 0.1) is 0 Å². The maximum Gasteiger partial charge on any atom is 0.338 e. The first-order valence-corrected chi connectivity index (χ1v) is 6.14. The van der Waals surface area contributed by atoms with E-state index in [-0.39, 0.29) is 12.5 Å². The van der Waals surface area contributed by atoms with Crippen LogP contribution in [0.15, 0.2) is 29.2 Å². The Bertz CT molecular complexity index is 397. The molecular weight excluding hydrogens is 224 g/mol. The van der Waals surface area contributed by atoms with Gasteiger partial charge in [-0.1, -0.05) is 18.2 Å². The zero-order valence-corrected chi connectivity index (χ0v) is 9.61. The minimum Gasteiger partial charge on any atom is -0.350 e. The Labute approximate surface area is 98.4 Å². The van der Waals surface area contributed by atoms with E-state index in [1.807, 2.05) is 30.0 Å². The molecular formula is C11H14N2O2S. The molecule has 2 rings (SSSR count). The quantitative estimate of drug-likeness (QED) is 0.612. The predicted molar refractivity (Wildman–Crippen MR) is 62.6 cm³/mol. The Kier molecular flexibility index (Phi) is 3.36. The Hall–Kier alpha value is -1.20. The number of rotatable bonds is 2. The van der Waals surface area contributed by atoms with Crippen LogP contribution in [0.2, 0.25) is 0 Å². The van der Waals surface area contributed by atoms with Gasteiger partial charge >= 0.3 is 6.03 Å². The number of thioether (sulfide) groups is 1. The molecule has 86 valence electrons. The van der Waals surface area contributed by atoms with Crippen molar-refractivity contribution in [3.8, 4) is 0 Å². The van der Waals surface area contributed by atoms with Gasteiger partial charge in [0, 0.05) is 10.8 Å². The lowest BCUT2D eigenvalue weighted by atomic mass is 9.96. The lowest BCUT2D eigenvalue weighted by Gasteiger charge is -2.27. The third-order valence-corrected chi connectivity index (χ3v) is 3.85. The third kappa shape index (κ3) is 2.31. The van der Waals surface area contributed by atoms with Crippen molar-refractivity contribution < 1.29 is 10.0 Å². The highest BCUT2D eigenvalue weighted by atomic mass is 32.2. The number of benzene rings is 1. The van der Waals surface area contributed by atoms with Crippen molar-refractivity contribution in [3.05, 3.63) is 29.8 Å². The Morgan fingerprint density at radius 3 is 3.06 bits per heavy atom. The molecule has 0 aromatic heterocycles. The zero-order chi connectivity index (χ0) is 11.5. The van der Waals surface area contributed by atoms with E-state index in [1.54, 1.807) is 0 Å². The first kappa shape index (κ1) is 11.3. The number of carbonyl (C=O) groups is 1. The average Bonchev–Trinajstić information content (AvgIpc) is 2.29. The topological polar surface area (TPSA) is 66.6 Å². The van der Waals surface area contributed by atoms with Crippen molar-refractivity contribution >= 4 is 17.8 Å². The first-order valence-electron chi connectivity index (χ1n) is 5.16. The molecule has 5 heteroatoms. The molecule has 1 unspecified atom stereocenters. The minimum absolute atomic E-state index is 0.176. The van der Waals surface area contributed by atoms with E-state index in [1.165, 1.54) is 10.5 Å². The van der Waals surface area contributed by atoms with Gasteiger partial charge < -0.3 is 5.73 Å².